The van der Waals surface area contributed by atoms with E-state index >= 15 is 0 Å². The Hall–Kier alpha value is -0.980. The van der Waals surface area contributed by atoms with E-state index in [2.05, 4.69) is 32.9 Å². The van der Waals surface area contributed by atoms with E-state index in [1.54, 1.807) is 7.11 Å². The minimum atomic E-state index is 1.05. The topological polar surface area (TPSA) is 9.23 Å². The number of methoxy groups -OCH3 is 1. The van der Waals surface area contributed by atoms with Crippen molar-refractivity contribution in [3.8, 4) is 5.75 Å². The van der Waals surface area contributed by atoms with Crippen LogP contribution in [0.4, 0.5) is 0 Å². The van der Waals surface area contributed by atoms with Crippen LogP contribution in [0.15, 0.2) is 12.1 Å². The second kappa shape index (κ2) is 4.31. The summed E-state index contributed by atoms with van der Waals surface area (Å²) in [7, 11) is 1.75. The first-order valence-corrected chi connectivity index (χ1v) is 4.89. The molecule has 0 fully saturated rings. The molecular formula is C12H18O. The smallest absolute Gasteiger partial charge is 0.125 e. The van der Waals surface area contributed by atoms with E-state index in [0.717, 1.165) is 18.6 Å². The fourth-order valence-electron chi connectivity index (χ4n) is 1.79. The van der Waals surface area contributed by atoms with Crippen molar-refractivity contribution in [3.63, 3.8) is 0 Å². The Kier molecular flexibility index (Phi) is 3.35. The molecular weight excluding hydrogens is 160 g/mol. The minimum absolute atomic E-state index is 1.05. The molecule has 1 nitrogen and oxygen atoms in total. The molecule has 0 aliphatic heterocycles. The van der Waals surface area contributed by atoms with Crippen molar-refractivity contribution >= 4 is 0 Å². The first kappa shape index (κ1) is 10.1. The van der Waals surface area contributed by atoms with Gasteiger partial charge in [-0.3, -0.25) is 0 Å². The minimum Gasteiger partial charge on any atom is -0.496 e. The predicted molar refractivity (Wildman–Crippen MR) is 56.5 cm³/mol. The second-order valence-corrected chi connectivity index (χ2v) is 3.26. The molecule has 0 saturated carbocycles. The summed E-state index contributed by atoms with van der Waals surface area (Å²) in [5, 5.41) is 0. The second-order valence-electron chi connectivity index (χ2n) is 3.26. The van der Waals surface area contributed by atoms with Gasteiger partial charge in [0.05, 0.1) is 7.11 Å². The van der Waals surface area contributed by atoms with Crippen LogP contribution in [0.1, 0.15) is 30.5 Å². The van der Waals surface area contributed by atoms with E-state index in [1.807, 2.05) is 0 Å². The van der Waals surface area contributed by atoms with Crippen molar-refractivity contribution < 1.29 is 4.74 Å². The first-order chi connectivity index (χ1) is 6.24. The Bertz CT molecular complexity index is 289. The summed E-state index contributed by atoms with van der Waals surface area (Å²) in [5.41, 5.74) is 4.01. The highest BCUT2D eigenvalue weighted by Gasteiger charge is 2.08. The van der Waals surface area contributed by atoms with Crippen LogP contribution in [0.5, 0.6) is 5.75 Å². The summed E-state index contributed by atoms with van der Waals surface area (Å²) in [6, 6.07) is 4.34. The van der Waals surface area contributed by atoms with E-state index in [-0.39, 0.29) is 0 Å². The lowest BCUT2D eigenvalue weighted by Gasteiger charge is -2.13. The molecule has 0 aliphatic rings. The molecule has 13 heavy (non-hydrogen) atoms. The third-order valence-corrected chi connectivity index (χ3v) is 2.49. The van der Waals surface area contributed by atoms with Gasteiger partial charge in [-0.1, -0.05) is 26.0 Å². The monoisotopic (exact) mass is 178 g/mol. The average Bonchev–Trinajstić information content (AvgIpc) is 2.17. The lowest BCUT2D eigenvalue weighted by atomic mass is 9.99. The Morgan fingerprint density at radius 1 is 1.15 bits per heavy atom. The number of aryl methyl sites for hydroxylation is 2. The van der Waals surface area contributed by atoms with Gasteiger partial charge in [0.25, 0.3) is 0 Å². The molecule has 72 valence electrons. The van der Waals surface area contributed by atoms with Crippen LogP contribution in [0.3, 0.4) is 0 Å². The van der Waals surface area contributed by atoms with Crippen LogP contribution in [-0.2, 0) is 12.8 Å². The van der Waals surface area contributed by atoms with E-state index in [4.69, 9.17) is 4.74 Å². The molecule has 0 spiro atoms. The maximum atomic E-state index is 5.41. The maximum Gasteiger partial charge on any atom is 0.125 e. The van der Waals surface area contributed by atoms with Crippen LogP contribution in [0.2, 0.25) is 0 Å². The molecule has 0 heterocycles. The third kappa shape index (κ3) is 1.85. The molecule has 1 rings (SSSR count). The Morgan fingerprint density at radius 3 is 2.31 bits per heavy atom. The number of rotatable bonds is 3. The molecule has 0 atom stereocenters. The molecule has 0 bridgehead atoms. The summed E-state index contributed by atoms with van der Waals surface area (Å²) >= 11 is 0. The molecule has 1 aromatic carbocycles. The zero-order valence-corrected chi connectivity index (χ0v) is 8.98. The lowest BCUT2D eigenvalue weighted by molar-refractivity contribution is 0.406. The van der Waals surface area contributed by atoms with E-state index in [1.165, 1.54) is 16.7 Å². The summed E-state index contributed by atoms with van der Waals surface area (Å²) in [6.45, 7) is 6.46. The molecule has 1 heteroatoms. The zero-order valence-electron chi connectivity index (χ0n) is 8.98. The third-order valence-electron chi connectivity index (χ3n) is 2.49. The lowest BCUT2D eigenvalue weighted by Crippen LogP contribution is -1.98. The standard InChI is InChI=1S/C12H18O/c1-5-10-8-7-9(3)12(13-4)11(10)6-2/h7-8H,5-6H2,1-4H3. The van der Waals surface area contributed by atoms with Crippen LogP contribution >= 0.6 is 0 Å². The van der Waals surface area contributed by atoms with Gasteiger partial charge >= 0.3 is 0 Å². The normalized spacial score (nSPS) is 10.2. The van der Waals surface area contributed by atoms with Crippen LogP contribution in [0.25, 0.3) is 0 Å². The number of hydrogen-bond acceptors (Lipinski definition) is 1. The highest BCUT2D eigenvalue weighted by atomic mass is 16.5. The number of benzene rings is 1. The molecule has 0 amide bonds. The fraction of sp³-hybridized carbons (Fsp3) is 0.500. The number of ether oxygens (including phenoxy) is 1. The Labute approximate surface area is 80.7 Å². The van der Waals surface area contributed by atoms with Gasteiger partial charge in [0.2, 0.25) is 0 Å². The van der Waals surface area contributed by atoms with Crippen LogP contribution in [0, 0.1) is 6.92 Å². The SMILES string of the molecule is CCc1ccc(C)c(OC)c1CC. The van der Waals surface area contributed by atoms with E-state index in [9.17, 15) is 0 Å². The summed E-state index contributed by atoms with van der Waals surface area (Å²) < 4.78 is 5.41. The highest BCUT2D eigenvalue weighted by molar-refractivity contribution is 5.46. The van der Waals surface area contributed by atoms with Gasteiger partial charge in [0, 0.05) is 0 Å². The van der Waals surface area contributed by atoms with Crippen LogP contribution < -0.4 is 4.74 Å². The van der Waals surface area contributed by atoms with Crippen molar-refractivity contribution in [2.24, 2.45) is 0 Å². The van der Waals surface area contributed by atoms with Crippen molar-refractivity contribution in [2.45, 2.75) is 33.6 Å². The van der Waals surface area contributed by atoms with Gasteiger partial charge in [-0.25, -0.2) is 0 Å². The Balaban J connectivity index is 3.27. The van der Waals surface area contributed by atoms with Crippen molar-refractivity contribution in [1.82, 2.24) is 0 Å². The summed E-state index contributed by atoms with van der Waals surface area (Å²) in [5.74, 6) is 1.07. The zero-order chi connectivity index (χ0) is 9.84. The van der Waals surface area contributed by atoms with Crippen molar-refractivity contribution in [3.05, 3.63) is 28.8 Å². The largest absolute Gasteiger partial charge is 0.496 e. The van der Waals surface area contributed by atoms with Gasteiger partial charge in [-0.05, 0) is 36.5 Å². The van der Waals surface area contributed by atoms with Gasteiger partial charge in [-0.15, -0.1) is 0 Å². The molecule has 1 aromatic rings. The molecule has 0 N–H and O–H groups in total. The van der Waals surface area contributed by atoms with Gasteiger partial charge in [0.15, 0.2) is 0 Å². The highest BCUT2D eigenvalue weighted by Crippen LogP contribution is 2.27. The number of hydrogen-bond donors (Lipinski definition) is 0. The summed E-state index contributed by atoms with van der Waals surface area (Å²) in [6.07, 6.45) is 2.13. The quantitative estimate of drug-likeness (QED) is 0.691. The molecule has 0 radical (unpaired) electrons. The molecule has 0 saturated heterocycles. The fourth-order valence-corrected chi connectivity index (χ4v) is 1.79. The molecule has 0 aromatic heterocycles. The molecule has 0 unspecified atom stereocenters. The maximum absolute atomic E-state index is 5.41. The van der Waals surface area contributed by atoms with E-state index < -0.39 is 0 Å². The van der Waals surface area contributed by atoms with Gasteiger partial charge in [-0.2, -0.15) is 0 Å². The summed E-state index contributed by atoms with van der Waals surface area (Å²) in [4.78, 5) is 0. The van der Waals surface area contributed by atoms with Gasteiger partial charge < -0.3 is 4.74 Å². The average molecular weight is 178 g/mol. The van der Waals surface area contributed by atoms with E-state index in [0.29, 0.717) is 0 Å². The van der Waals surface area contributed by atoms with Crippen LogP contribution in [-0.4, -0.2) is 7.11 Å². The van der Waals surface area contributed by atoms with Crippen molar-refractivity contribution in [1.29, 1.82) is 0 Å². The van der Waals surface area contributed by atoms with Gasteiger partial charge in [0.1, 0.15) is 5.75 Å². The Morgan fingerprint density at radius 2 is 1.85 bits per heavy atom. The van der Waals surface area contributed by atoms with Crippen molar-refractivity contribution in [2.75, 3.05) is 7.11 Å². The molecule has 0 aliphatic carbocycles. The first-order valence-electron chi connectivity index (χ1n) is 4.89. The predicted octanol–water partition coefficient (Wildman–Crippen LogP) is 3.13.